The van der Waals surface area contributed by atoms with Crippen LogP contribution in [0.2, 0.25) is 0 Å². The summed E-state index contributed by atoms with van der Waals surface area (Å²) in [6.07, 6.45) is 2.98. The number of hydrogen-bond acceptors (Lipinski definition) is 4. The van der Waals surface area contributed by atoms with Crippen molar-refractivity contribution in [3.63, 3.8) is 0 Å². The standard InChI is InChI=1S/C16H20N4O/c1-17-11-5-8-16(21)20-14-9-10-15(18-12-14)19-13-6-3-2-4-7-13/h2-4,6-7,9-10,12,17H,5,8,11H2,1H3,(H,18,19)(H,20,21). The Morgan fingerprint density at radius 1 is 1.10 bits per heavy atom. The molecule has 1 amide bonds. The summed E-state index contributed by atoms with van der Waals surface area (Å²) in [4.78, 5) is 16.0. The molecule has 1 aromatic heterocycles. The molecule has 1 heterocycles. The third kappa shape index (κ3) is 5.24. The summed E-state index contributed by atoms with van der Waals surface area (Å²) >= 11 is 0. The Balaban J connectivity index is 1.85. The number of pyridine rings is 1. The van der Waals surface area contributed by atoms with Crippen molar-refractivity contribution in [1.82, 2.24) is 10.3 Å². The number of nitrogens with zero attached hydrogens (tertiary/aromatic N) is 1. The van der Waals surface area contributed by atoms with Gasteiger partial charge in [0.05, 0.1) is 11.9 Å². The van der Waals surface area contributed by atoms with E-state index in [9.17, 15) is 4.79 Å². The Morgan fingerprint density at radius 3 is 2.57 bits per heavy atom. The van der Waals surface area contributed by atoms with E-state index in [1.165, 1.54) is 0 Å². The van der Waals surface area contributed by atoms with E-state index in [4.69, 9.17) is 0 Å². The molecule has 0 spiro atoms. The highest BCUT2D eigenvalue weighted by molar-refractivity contribution is 5.90. The van der Waals surface area contributed by atoms with Crippen molar-refractivity contribution in [2.24, 2.45) is 0 Å². The van der Waals surface area contributed by atoms with E-state index in [-0.39, 0.29) is 5.91 Å². The lowest BCUT2D eigenvalue weighted by Crippen LogP contribution is -2.15. The maximum absolute atomic E-state index is 11.7. The van der Waals surface area contributed by atoms with E-state index in [1.807, 2.05) is 49.5 Å². The first-order valence-corrected chi connectivity index (χ1v) is 7.00. The minimum absolute atomic E-state index is 0.0100. The summed E-state index contributed by atoms with van der Waals surface area (Å²) in [7, 11) is 1.88. The van der Waals surface area contributed by atoms with Gasteiger partial charge in [0.25, 0.3) is 0 Å². The molecular weight excluding hydrogens is 264 g/mol. The molecule has 0 fully saturated rings. The molecule has 21 heavy (non-hydrogen) atoms. The van der Waals surface area contributed by atoms with E-state index in [2.05, 4.69) is 20.9 Å². The first-order valence-electron chi connectivity index (χ1n) is 7.00. The monoisotopic (exact) mass is 284 g/mol. The summed E-state index contributed by atoms with van der Waals surface area (Å²) in [6, 6.07) is 13.5. The molecule has 5 heteroatoms. The van der Waals surface area contributed by atoms with Crippen LogP contribution in [0.3, 0.4) is 0 Å². The average molecular weight is 284 g/mol. The van der Waals surface area contributed by atoms with Crippen LogP contribution in [0.4, 0.5) is 17.2 Å². The molecule has 0 saturated carbocycles. The first kappa shape index (κ1) is 15.0. The number of aromatic nitrogens is 1. The van der Waals surface area contributed by atoms with Crippen molar-refractivity contribution in [2.45, 2.75) is 12.8 Å². The van der Waals surface area contributed by atoms with Crippen LogP contribution >= 0.6 is 0 Å². The van der Waals surface area contributed by atoms with Crippen LogP contribution in [-0.4, -0.2) is 24.5 Å². The molecule has 0 bridgehead atoms. The van der Waals surface area contributed by atoms with Crippen molar-refractivity contribution in [3.8, 4) is 0 Å². The van der Waals surface area contributed by atoms with Crippen molar-refractivity contribution in [3.05, 3.63) is 48.7 Å². The highest BCUT2D eigenvalue weighted by Crippen LogP contribution is 2.15. The normalized spacial score (nSPS) is 10.1. The molecule has 0 saturated heterocycles. The fraction of sp³-hybridized carbons (Fsp3) is 0.250. The summed E-state index contributed by atoms with van der Waals surface area (Å²) in [6.45, 7) is 0.839. The third-order valence-corrected chi connectivity index (χ3v) is 2.92. The molecule has 0 unspecified atom stereocenters. The molecule has 0 atom stereocenters. The molecule has 5 nitrogen and oxygen atoms in total. The lowest BCUT2D eigenvalue weighted by atomic mass is 10.3. The SMILES string of the molecule is CNCCCC(=O)Nc1ccc(Nc2ccccc2)nc1. The van der Waals surface area contributed by atoms with Crippen LogP contribution in [0.15, 0.2) is 48.7 Å². The van der Waals surface area contributed by atoms with Gasteiger partial charge in [0.2, 0.25) is 5.91 Å². The van der Waals surface area contributed by atoms with Crippen LogP contribution in [0.1, 0.15) is 12.8 Å². The number of amides is 1. The second-order valence-corrected chi connectivity index (χ2v) is 4.68. The van der Waals surface area contributed by atoms with E-state index < -0.39 is 0 Å². The van der Waals surface area contributed by atoms with Crippen LogP contribution in [-0.2, 0) is 4.79 Å². The highest BCUT2D eigenvalue weighted by Gasteiger charge is 2.02. The maximum Gasteiger partial charge on any atom is 0.224 e. The topological polar surface area (TPSA) is 66.1 Å². The molecular formula is C16H20N4O. The molecule has 0 aliphatic rings. The Hall–Kier alpha value is -2.40. The third-order valence-electron chi connectivity index (χ3n) is 2.92. The van der Waals surface area contributed by atoms with Crippen LogP contribution in [0.5, 0.6) is 0 Å². The Morgan fingerprint density at radius 2 is 1.90 bits per heavy atom. The van der Waals surface area contributed by atoms with E-state index in [1.54, 1.807) is 6.20 Å². The zero-order chi connectivity index (χ0) is 14.9. The number of carbonyl (C=O) groups excluding carboxylic acids is 1. The van der Waals surface area contributed by atoms with Gasteiger partial charge < -0.3 is 16.0 Å². The molecule has 0 aliphatic carbocycles. The molecule has 2 aromatic rings. The molecule has 110 valence electrons. The predicted octanol–water partition coefficient (Wildman–Crippen LogP) is 2.76. The summed E-state index contributed by atoms with van der Waals surface area (Å²) in [5.41, 5.74) is 1.69. The van der Waals surface area contributed by atoms with E-state index >= 15 is 0 Å². The second-order valence-electron chi connectivity index (χ2n) is 4.68. The van der Waals surface area contributed by atoms with Gasteiger partial charge in [-0.05, 0) is 44.3 Å². The summed E-state index contributed by atoms with van der Waals surface area (Å²) in [5, 5.41) is 9.05. The number of hydrogen-bond donors (Lipinski definition) is 3. The zero-order valence-corrected chi connectivity index (χ0v) is 12.1. The fourth-order valence-corrected chi connectivity index (χ4v) is 1.86. The second kappa shape index (κ2) is 8.01. The molecule has 2 rings (SSSR count). The van der Waals surface area contributed by atoms with Crippen molar-refractivity contribution < 1.29 is 4.79 Å². The lowest BCUT2D eigenvalue weighted by Gasteiger charge is -2.07. The number of nitrogens with one attached hydrogen (secondary N) is 3. The van der Waals surface area contributed by atoms with Gasteiger partial charge in [0.1, 0.15) is 5.82 Å². The number of rotatable bonds is 7. The average Bonchev–Trinajstić information content (AvgIpc) is 2.51. The van der Waals surface area contributed by atoms with Crippen molar-refractivity contribution in [1.29, 1.82) is 0 Å². The van der Waals surface area contributed by atoms with Crippen LogP contribution < -0.4 is 16.0 Å². The number of anilines is 3. The van der Waals surface area contributed by atoms with Crippen LogP contribution in [0.25, 0.3) is 0 Å². The number of para-hydroxylation sites is 1. The fourth-order valence-electron chi connectivity index (χ4n) is 1.86. The molecule has 3 N–H and O–H groups in total. The van der Waals surface area contributed by atoms with Gasteiger partial charge in [-0.2, -0.15) is 0 Å². The summed E-state index contributed by atoms with van der Waals surface area (Å²) < 4.78 is 0. The molecule has 1 aromatic carbocycles. The number of carbonyl (C=O) groups is 1. The Kier molecular flexibility index (Phi) is 5.72. The van der Waals surface area contributed by atoms with Gasteiger partial charge in [-0.1, -0.05) is 18.2 Å². The molecule has 0 aliphatic heterocycles. The van der Waals surface area contributed by atoms with Crippen molar-refractivity contribution >= 4 is 23.1 Å². The number of benzene rings is 1. The maximum atomic E-state index is 11.7. The van der Waals surface area contributed by atoms with Gasteiger partial charge in [-0.15, -0.1) is 0 Å². The Bertz CT molecular complexity index is 554. The highest BCUT2D eigenvalue weighted by atomic mass is 16.1. The van der Waals surface area contributed by atoms with Crippen LogP contribution in [0, 0.1) is 0 Å². The Labute approximate surface area is 124 Å². The van der Waals surface area contributed by atoms with Gasteiger partial charge in [-0.25, -0.2) is 4.98 Å². The zero-order valence-electron chi connectivity index (χ0n) is 12.1. The largest absolute Gasteiger partial charge is 0.340 e. The summed E-state index contributed by atoms with van der Waals surface area (Å²) in [5.74, 6) is 0.755. The van der Waals surface area contributed by atoms with E-state index in [0.717, 1.165) is 24.5 Å². The first-order chi connectivity index (χ1) is 10.3. The van der Waals surface area contributed by atoms with E-state index in [0.29, 0.717) is 12.1 Å². The van der Waals surface area contributed by atoms with Gasteiger partial charge in [-0.3, -0.25) is 4.79 Å². The van der Waals surface area contributed by atoms with Gasteiger partial charge >= 0.3 is 0 Å². The van der Waals surface area contributed by atoms with Crippen molar-refractivity contribution in [2.75, 3.05) is 24.2 Å². The lowest BCUT2D eigenvalue weighted by molar-refractivity contribution is -0.116. The quantitative estimate of drug-likeness (QED) is 0.684. The van der Waals surface area contributed by atoms with Gasteiger partial charge in [0, 0.05) is 12.1 Å². The smallest absolute Gasteiger partial charge is 0.224 e. The van der Waals surface area contributed by atoms with Gasteiger partial charge in [0.15, 0.2) is 0 Å². The minimum Gasteiger partial charge on any atom is -0.340 e. The molecule has 0 radical (unpaired) electrons. The minimum atomic E-state index is 0.0100. The predicted molar refractivity (Wildman–Crippen MR) is 85.8 cm³/mol.